The van der Waals surface area contributed by atoms with Crippen molar-refractivity contribution in [2.45, 2.75) is 19.5 Å². The molecule has 0 radical (unpaired) electrons. The Morgan fingerprint density at radius 1 is 1.17 bits per heavy atom. The molecule has 0 saturated carbocycles. The molecule has 1 aliphatic heterocycles. The van der Waals surface area contributed by atoms with Gasteiger partial charge in [-0.3, -0.25) is 19.4 Å². The van der Waals surface area contributed by atoms with Gasteiger partial charge in [0.25, 0.3) is 5.91 Å². The molecular weight excluding hydrogens is 310 g/mol. The highest BCUT2D eigenvalue weighted by atomic mass is 16.3. The van der Waals surface area contributed by atoms with Crippen LogP contribution in [-0.2, 0) is 16.1 Å². The molecule has 0 bridgehead atoms. The molecule has 124 valence electrons. The summed E-state index contributed by atoms with van der Waals surface area (Å²) in [6.07, 6.45) is 1.51. The lowest BCUT2D eigenvalue weighted by Crippen LogP contribution is -2.41. The van der Waals surface area contributed by atoms with Crippen molar-refractivity contribution in [3.8, 4) is 0 Å². The van der Waals surface area contributed by atoms with Crippen molar-refractivity contribution in [3.63, 3.8) is 0 Å². The minimum absolute atomic E-state index is 0.208. The van der Waals surface area contributed by atoms with E-state index < -0.39 is 23.9 Å². The summed E-state index contributed by atoms with van der Waals surface area (Å²) in [6, 6.07) is 11.2. The molecular formula is C17H17N3O4. The third-order valence-electron chi connectivity index (χ3n) is 3.82. The van der Waals surface area contributed by atoms with Gasteiger partial charge < -0.3 is 9.73 Å². The number of amides is 4. The maximum atomic E-state index is 12.5. The Bertz CT molecular complexity index is 742. The fourth-order valence-corrected chi connectivity index (χ4v) is 2.59. The number of urea groups is 1. The molecule has 1 aromatic heterocycles. The molecule has 0 spiro atoms. The van der Waals surface area contributed by atoms with Crippen LogP contribution < -0.4 is 10.2 Å². The number of imide groups is 1. The molecule has 7 nitrogen and oxygen atoms in total. The number of carbonyl (C=O) groups is 3. The topological polar surface area (TPSA) is 82.9 Å². The van der Waals surface area contributed by atoms with E-state index in [2.05, 4.69) is 5.32 Å². The molecule has 0 unspecified atom stereocenters. The molecule has 2 heterocycles. The maximum Gasteiger partial charge on any atom is 0.332 e. The summed E-state index contributed by atoms with van der Waals surface area (Å²) in [5.74, 6) is -0.214. The Morgan fingerprint density at radius 2 is 1.92 bits per heavy atom. The lowest BCUT2D eigenvalue weighted by Gasteiger charge is -2.19. The Labute approximate surface area is 138 Å². The van der Waals surface area contributed by atoms with Crippen LogP contribution in [0.25, 0.3) is 0 Å². The van der Waals surface area contributed by atoms with E-state index in [4.69, 9.17) is 4.42 Å². The van der Waals surface area contributed by atoms with E-state index in [0.29, 0.717) is 11.4 Å². The van der Waals surface area contributed by atoms with Crippen LogP contribution in [0.5, 0.6) is 0 Å². The summed E-state index contributed by atoms with van der Waals surface area (Å²) in [5.41, 5.74) is 0.627. The monoisotopic (exact) mass is 327 g/mol. The number of anilines is 1. The number of hydrogen-bond acceptors (Lipinski definition) is 4. The van der Waals surface area contributed by atoms with Crippen LogP contribution in [0.1, 0.15) is 12.7 Å². The van der Waals surface area contributed by atoms with Gasteiger partial charge in [-0.2, -0.15) is 0 Å². The zero-order valence-electron chi connectivity index (χ0n) is 13.1. The lowest BCUT2D eigenvalue weighted by molar-refractivity contribution is -0.131. The Kier molecular flexibility index (Phi) is 4.33. The molecule has 24 heavy (non-hydrogen) atoms. The molecule has 1 aromatic carbocycles. The van der Waals surface area contributed by atoms with Gasteiger partial charge in [-0.1, -0.05) is 18.2 Å². The van der Waals surface area contributed by atoms with E-state index in [9.17, 15) is 14.4 Å². The number of nitrogens with one attached hydrogen (secondary N) is 1. The zero-order valence-corrected chi connectivity index (χ0v) is 13.1. The van der Waals surface area contributed by atoms with Gasteiger partial charge in [-0.25, -0.2) is 4.79 Å². The van der Waals surface area contributed by atoms with Gasteiger partial charge in [0.15, 0.2) is 0 Å². The summed E-state index contributed by atoms with van der Waals surface area (Å²) in [5, 5.41) is 2.63. The zero-order chi connectivity index (χ0) is 17.1. The lowest BCUT2D eigenvalue weighted by atomic mass is 10.2. The Morgan fingerprint density at radius 3 is 2.58 bits per heavy atom. The summed E-state index contributed by atoms with van der Waals surface area (Å²) < 4.78 is 5.12. The van der Waals surface area contributed by atoms with E-state index in [1.54, 1.807) is 43.3 Å². The van der Waals surface area contributed by atoms with Gasteiger partial charge in [0, 0.05) is 5.69 Å². The van der Waals surface area contributed by atoms with Crippen molar-refractivity contribution in [2.75, 3.05) is 11.4 Å². The van der Waals surface area contributed by atoms with Gasteiger partial charge in [0.05, 0.1) is 12.8 Å². The fourth-order valence-electron chi connectivity index (χ4n) is 2.59. The van der Waals surface area contributed by atoms with Crippen molar-refractivity contribution in [2.24, 2.45) is 0 Å². The minimum Gasteiger partial charge on any atom is -0.467 e. The van der Waals surface area contributed by atoms with Crippen LogP contribution in [0.4, 0.5) is 10.5 Å². The number of rotatable bonds is 5. The summed E-state index contributed by atoms with van der Waals surface area (Å²) in [7, 11) is 0. The van der Waals surface area contributed by atoms with Crippen molar-refractivity contribution in [3.05, 3.63) is 54.5 Å². The standard InChI is InChI=1S/C17H17N3O4/c1-12-16(22)19(11-15(21)18-10-14-8-5-9-24-14)17(23)20(12)13-6-3-2-4-7-13/h2-9,12H,10-11H2,1H3,(H,18,21)/t12-/m1/s1. The average molecular weight is 327 g/mol. The Hall–Kier alpha value is -3.09. The van der Waals surface area contributed by atoms with Crippen LogP contribution in [-0.4, -0.2) is 35.3 Å². The number of carbonyl (C=O) groups excluding carboxylic acids is 3. The molecule has 4 amide bonds. The predicted molar refractivity (Wildman–Crippen MR) is 86.0 cm³/mol. The van der Waals surface area contributed by atoms with Gasteiger partial charge in [0.1, 0.15) is 18.3 Å². The SMILES string of the molecule is C[C@@H]1C(=O)N(CC(=O)NCc2ccco2)C(=O)N1c1ccccc1. The summed E-state index contributed by atoms with van der Waals surface area (Å²) in [4.78, 5) is 39.2. The molecule has 7 heteroatoms. The number of benzene rings is 1. The van der Waals surface area contributed by atoms with Gasteiger partial charge in [-0.05, 0) is 31.2 Å². The first kappa shape index (κ1) is 15.8. The first-order chi connectivity index (χ1) is 11.6. The van der Waals surface area contributed by atoms with Gasteiger partial charge >= 0.3 is 6.03 Å². The van der Waals surface area contributed by atoms with E-state index in [1.165, 1.54) is 11.2 Å². The van der Waals surface area contributed by atoms with Gasteiger partial charge in [0.2, 0.25) is 5.91 Å². The van der Waals surface area contributed by atoms with Crippen LogP contribution >= 0.6 is 0 Å². The van der Waals surface area contributed by atoms with Crippen LogP contribution in [0.15, 0.2) is 53.1 Å². The first-order valence-electron chi connectivity index (χ1n) is 7.56. The molecule has 1 atom stereocenters. The van der Waals surface area contributed by atoms with Gasteiger partial charge in [-0.15, -0.1) is 0 Å². The first-order valence-corrected chi connectivity index (χ1v) is 7.56. The summed E-state index contributed by atoms with van der Waals surface area (Å²) >= 11 is 0. The largest absolute Gasteiger partial charge is 0.467 e. The maximum absolute atomic E-state index is 12.5. The minimum atomic E-state index is -0.641. The highest BCUT2D eigenvalue weighted by Gasteiger charge is 2.43. The van der Waals surface area contributed by atoms with Crippen molar-refractivity contribution in [1.82, 2.24) is 10.2 Å². The Balaban J connectivity index is 1.66. The second-order valence-corrected chi connectivity index (χ2v) is 5.44. The van der Waals surface area contributed by atoms with E-state index in [-0.39, 0.29) is 13.1 Å². The third-order valence-corrected chi connectivity index (χ3v) is 3.82. The fraction of sp³-hybridized carbons (Fsp3) is 0.235. The van der Waals surface area contributed by atoms with E-state index >= 15 is 0 Å². The second-order valence-electron chi connectivity index (χ2n) is 5.44. The van der Waals surface area contributed by atoms with Crippen molar-refractivity contribution < 1.29 is 18.8 Å². The highest BCUT2D eigenvalue weighted by molar-refractivity contribution is 6.15. The highest BCUT2D eigenvalue weighted by Crippen LogP contribution is 2.25. The van der Waals surface area contributed by atoms with Crippen molar-refractivity contribution >= 4 is 23.5 Å². The van der Waals surface area contributed by atoms with E-state index in [0.717, 1.165) is 4.90 Å². The molecule has 2 aromatic rings. The number of hydrogen-bond donors (Lipinski definition) is 1. The average Bonchev–Trinajstić information content (AvgIpc) is 3.17. The molecule has 1 N–H and O–H groups in total. The summed E-state index contributed by atoms with van der Waals surface area (Å²) in [6.45, 7) is 1.54. The van der Waals surface area contributed by atoms with Crippen LogP contribution in [0, 0.1) is 0 Å². The normalized spacial score (nSPS) is 17.5. The number of nitrogens with zero attached hydrogens (tertiary/aromatic N) is 2. The molecule has 3 rings (SSSR count). The predicted octanol–water partition coefficient (Wildman–Crippen LogP) is 1.75. The number of para-hydroxylation sites is 1. The van der Waals surface area contributed by atoms with Crippen molar-refractivity contribution in [1.29, 1.82) is 0 Å². The second kappa shape index (κ2) is 6.57. The molecule has 1 fully saturated rings. The molecule has 0 aliphatic carbocycles. The molecule has 1 aliphatic rings. The number of furan rings is 1. The van der Waals surface area contributed by atoms with Crippen LogP contribution in [0.3, 0.4) is 0 Å². The third kappa shape index (κ3) is 3.01. The van der Waals surface area contributed by atoms with E-state index in [1.807, 2.05) is 6.07 Å². The smallest absolute Gasteiger partial charge is 0.332 e. The van der Waals surface area contributed by atoms with Crippen LogP contribution in [0.2, 0.25) is 0 Å². The molecule has 1 saturated heterocycles. The quantitative estimate of drug-likeness (QED) is 0.848.